The highest BCUT2D eigenvalue weighted by atomic mass is 16.3. The predicted octanol–water partition coefficient (Wildman–Crippen LogP) is 3.31. The zero-order valence-electron chi connectivity index (χ0n) is 9.06. The number of rotatable bonds is 3. The van der Waals surface area contributed by atoms with Gasteiger partial charge in [0.25, 0.3) is 0 Å². The molecule has 7 heteroatoms. The summed E-state index contributed by atoms with van der Waals surface area (Å²) in [6.45, 7) is 0. The third-order valence-electron chi connectivity index (χ3n) is 2.09. The van der Waals surface area contributed by atoms with Crippen LogP contribution in [0.4, 0.5) is 17.1 Å². The lowest BCUT2D eigenvalue weighted by Gasteiger charge is -2.00. The van der Waals surface area contributed by atoms with Crippen LogP contribution in [0.5, 0.6) is 11.5 Å². The van der Waals surface area contributed by atoms with Crippen molar-refractivity contribution in [2.45, 2.75) is 0 Å². The summed E-state index contributed by atoms with van der Waals surface area (Å²) in [6, 6.07) is 5.47. The Hall–Kier alpha value is -2.83. The highest BCUT2D eigenvalue weighted by Crippen LogP contribution is 2.38. The number of aromatic nitrogens is 1. The molecule has 2 rings (SSSR count). The fourth-order valence-electron chi connectivity index (χ4n) is 1.23. The molecular formula is C11H8N4O3. The molecule has 0 saturated carbocycles. The molecule has 18 heavy (non-hydrogen) atoms. The number of phenols is 2. The van der Waals surface area contributed by atoms with E-state index in [-0.39, 0.29) is 17.1 Å². The van der Waals surface area contributed by atoms with Gasteiger partial charge in [0.15, 0.2) is 5.69 Å². The third kappa shape index (κ3) is 2.46. The van der Waals surface area contributed by atoms with Crippen LogP contribution in [0.25, 0.3) is 0 Å². The Morgan fingerprint density at radius 2 is 1.83 bits per heavy atom. The summed E-state index contributed by atoms with van der Waals surface area (Å²) in [6.07, 6.45) is 3.07. The van der Waals surface area contributed by atoms with Gasteiger partial charge >= 0.3 is 0 Å². The zero-order valence-corrected chi connectivity index (χ0v) is 9.06. The molecule has 0 fully saturated rings. The molecule has 0 unspecified atom stereocenters. The third-order valence-corrected chi connectivity index (χ3v) is 2.09. The van der Waals surface area contributed by atoms with Gasteiger partial charge in [-0.25, -0.2) is 0 Å². The Kier molecular flexibility index (Phi) is 3.24. The minimum absolute atomic E-state index is 0.0336. The van der Waals surface area contributed by atoms with Crippen molar-refractivity contribution >= 4 is 17.1 Å². The SMILES string of the molecule is O=Nc1cc(/N=N/c2cccnc2)c(O)cc1O. The standard InChI is InChI=1S/C11H8N4O3/c16-10-5-11(17)9(15-18)4-8(10)14-13-7-2-1-3-12-6-7/h1-6,16-17H/b14-13+. The largest absolute Gasteiger partial charge is 0.505 e. The van der Waals surface area contributed by atoms with Crippen molar-refractivity contribution in [3.63, 3.8) is 0 Å². The first-order valence-corrected chi connectivity index (χ1v) is 4.92. The molecule has 0 saturated heterocycles. The van der Waals surface area contributed by atoms with Crippen LogP contribution in [0, 0.1) is 4.91 Å². The second-order valence-corrected chi connectivity index (χ2v) is 3.33. The smallest absolute Gasteiger partial charge is 0.152 e. The van der Waals surface area contributed by atoms with Gasteiger partial charge in [-0.05, 0) is 17.3 Å². The summed E-state index contributed by atoms with van der Waals surface area (Å²) in [7, 11) is 0. The zero-order chi connectivity index (χ0) is 13.0. The van der Waals surface area contributed by atoms with Crippen LogP contribution in [0.3, 0.4) is 0 Å². The van der Waals surface area contributed by atoms with Crippen LogP contribution >= 0.6 is 0 Å². The van der Waals surface area contributed by atoms with Crippen molar-refractivity contribution in [2.24, 2.45) is 15.4 Å². The number of phenolic OH excluding ortho intramolecular Hbond substituents is 2. The second kappa shape index (κ2) is 5.00. The van der Waals surface area contributed by atoms with E-state index in [2.05, 4.69) is 20.4 Å². The Morgan fingerprint density at radius 3 is 2.50 bits per heavy atom. The highest BCUT2D eigenvalue weighted by molar-refractivity contribution is 5.65. The van der Waals surface area contributed by atoms with Gasteiger partial charge in [0.2, 0.25) is 0 Å². The van der Waals surface area contributed by atoms with Crippen molar-refractivity contribution in [1.29, 1.82) is 0 Å². The van der Waals surface area contributed by atoms with Crippen LogP contribution in [-0.2, 0) is 0 Å². The van der Waals surface area contributed by atoms with E-state index in [1.165, 1.54) is 6.20 Å². The first-order chi connectivity index (χ1) is 8.70. The number of azo groups is 1. The van der Waals surface area contributed by atoms with Crippen LogP contribution in [0.1, 0.15) is 0 Å². The molecule has 1 heterocycles. The second-order valence-electron chi connectivity index (χ2n) is 3.33. The minimum atomic E-state index is -0.414. The Morgan fingerprint density at radius 1 is 1.06 bits per heavy atom. The molecule has 0 bridgehead atoms. The van der Waals surface area contributed by atoms with E-state index in [1.54, 1.807) is 18.3 Å². The van der Waals surface area contributed by atoms with Gasteiger partial charge in [0.1, 0.15) is 22.9 Å². The summed E-state index contributed by atoms with van der Waals surface area (Å²) >= 11 is 0. The molecular weight excluding hydrogens is 236 g/mol. The van der Waals surface area contributed by atoms with Gasteiger partial charge in [-0.15, -0.1) is 15.1 Å². The average molecular weight is 244 g/mol. The molecule has 0 aliphatic rings. The van der Waals surface area contributed by atoms with E-state index in [0.29, 0.717) is 5.69 Å². The molecule has 0 aliphatic heterocycles. The lowest BCUT2D eigenvalue weighted by molar-refractivity contribution is 0.452. The average Bonchev–Trinajstić information content (AvgIpc) is 2.39. The van der Waals surface area contributed by atoms with Crippen molar-refractivity contribution < 1.29 is 10.2 Å². The highest BCUT2D eigenvalue weighted by Gasteiger charge is 2.08. The van der Waals surface area contributed by atoms with Gasteiger partial charge in [0.05, 0.1) is 6.20 Å². The maximum Gasteiger partial charge on any atom is 0.152 e. The fraction of sp³-hybridized carbons (Fsp3) is 0. The number of hydrogen-bond donors (Lipinski definition) is 2. The first kappa shape index (κ1) is 11.6. The number of pyridine rings is 1. The number of nitrogens with zero attached hydrogens (tertiary/aromatic N) is 4. The molecule has 1 aromatic carbocycles. The normalized spacial score (nSPS) is 10.7. The number of nitroso groups, excluding NO2 is 1. The molecule has 7 nitrogen and oxygen atoms in total. The van der Waals surface area contributed by atoms with Crippen LogP contribution in [-0.4, -0.2) is 15.2 Å². The summed E-state index contributed by atoms with van der Waals surface area (Å²) < 4.78 is 0. The van der Waals surface area contributed by atoms with Gasteiger partial charge in [-0.1, -0.05) is 0 Å². The van der Waals surface area contributed by atoms with Crippen LogP contribution < -0.4 is 0 Å². The van der Waals surface area contributed by atoms with Gasteiger partial charge in [0, 0.05) is 18.3 Å². The van der Waals surface area contributed by atoms with Crippen molar-refractivity contribution in [2.75, 3.05) is 0 Å². The summed E-state index contributed by atoms with van der Waals surface area (Å²) in [5.41, 5.74) is 0.310. The van der Waals surface area contributed by atoms with Crippen molar-refractivity contribution in [3.8, 4) is 11.5 Å². The first-order valence-electron chi connectivity index (χ1n) is 4.92. The number of hydrogen-bond acceptors (Lipinski definition) is 7. The maximum atomic E-state index is 10.4. The van der Waals surface area contributed by atoms with Gasteiger partial charge in [-0.3, -0.25) is 4.98 Å². The summed E-state index contributed by atoms with van der Waals surface area (Å²) in [5, 5.41) is 29.0. The van der Waals surface area contributed by atoms with E-state index >= 15 is 0 Å². The Balaban J connectivity index is 2.35. The fourth-order valence-corrected chi connectivity index (χ4v) is 1.23. The lowest BCUT2D eigenvalue weighted by atomic mass is 10.2. The topological polar surface area (TPSA) is 108 Å². The van der Waals surface area contributed by atoms with Crippen LogP contribution in [0.15, 0.2) is 52.1 Å². The molecule has 0 radical (unpaired) electrons. The van der Waals surface area contributed by atoms with E-state index in [0.717, 1.165) is 12.1 Å². The summed E-state index contributed by atoms with van der Waals surface area (Å²) in [5.74, 6) is -0.713. The molecule has 1 aromatic heterocycles. The monoisotopic (exact) mass is 244 g/mol. The molecule has 90 valence electrons. The van der Waals surface area contributed by atoms with E-state index in [1.807, 2.05) is 0 Å². The molecule has 2 N–H and O–H groups in total. The Labute approximate surface area is 101 Å². The molecule has 0 amide bonds. The molecule has 0 atom stereocenters. The van der Waals surface area contributed by atoms with Crippen molar-refractivity contribution in [1.82, 2.24) is 4.98 Å². The minimum Gasteiger partial charge on any atom is -0.505 e. The number of aromatic hydroxyl groups is 2. The maximum absolute atomic E-state index is 10.4. The summed E-state index contributed by atoms with van der Waals surface area (Å²) in [4.78, 5) is 14.2. The number of benzene rings is 1. The van der Waals surface area contributed by atoms with E-state index in [4.69, 9.17) is 0 Å². The predicted molar refractivity (Wildman–Crippen MR) is 63.6 cm³/mol. The lowest BCUT2D eigenvalue weighted by Crippen LogP contribution is -1.72. The van der Waals surface area contributed by atoms with Crippen LogP contribution in [0.2, 0.25) is 0 Å². The molecule has 0 spiro atoms. The van der Waals surface area contributed by atoms with Gasteiger partial charge in [-0.2, -0.15) is 0 Å². The van der Waals surface area contributed by atoms with Crippen molar-refractivity contribution in [3.05, 3.63) is 41.6 Å². The Bertz CT molecular complexity index is 599. The van der Waals surface area contributed by atoms with Gasteiger partial charge < -0.3 is 10.2 Å². The van der Waals surface area contributed by atoms with E-state index < -0.39 is 5.75 Å². The quantitative estimate of drug-likeness (QED) is 0.637. The van der Waals surface area contributed by atoms with E-state index in [9.17, 15) is 15.1 Å². The molecule has 0 aliphatic carbocycles. The molecule has 2 aromatic rings.